The highest BCUT2D eigenvalue weighted by atomic mass is 16.2. The second-order valence-corrected chi connectivity index (χ2v) is 6.19. The first kappa shape index (κ1) is 17.9. The average Bonchev–Trinajstić information content (AvgIpc) is 2.25. The molecule has 3 amide bonds. The van der Waals surface area contributed by atoms with Gasteiger partial charge in [-0.2, -0.15) is 0 Å². The van der Waals surface area contributed by atoms with Crippen molar-refractivity contribution in [2.75, 3.05) is 33.2 Å². The van der Waals surface area contributed by atoms with Crippen LogP contribution in [0.2, 0.25) is 0 Å². The predicted molar refractivity (Wildman–Crippen MR) is 76.7 cm³/mol. The molecule has 112 valence electrons. The third-order valence-corrected chi connectivity index (χ3v) is 2.59. The number of hydrogen-bond donors (Lipinski definition) is 3. The van der Waals surface area contributed by atoms with E-state index in [9.17, 15) is 9.59 Å². The molecule has 0 aromatic rings. The highest BCUT2D eigenvalue weighted by Crippen LogP contribution is 2.13. The number of amides is 3. The SMILES string of the molecule is CC(C)CNC(=O)NC(=O)CN(C)CC(C)(C)CN. The van der Waals surface area contributed by atoms with Crippen LogP contribution in [0.1, 0.15) is 27.7 Å². The zero-order valence-electron chi connectivity index (χ0n) is 12.7. The quantitative estimate of drug-likeness (QED) is 0.625. The van der Waals surface area contributed by atoms with Crippen molar-refractivity contribution < 1.29 is 9.59 Å². The Morgan fingerprint density at radius 3 is 2.37 bits per heavy atom. The predicted octanol–water partition coefficient (Wildman–Crippen LogP) is 0.385. The zero-order valence-corrected chi connectivity index (χ0v) is 12.7. The number of nitrogens with one attached hydrogen (secondary N) is 2. The van der Waals surface area contributed by atoms with Crippen LogP contribution in [0.3, 0.4) is 0 Å². The van der Waals surface area contributed by atoms with Gasteiger partial charge < -0.3 is 11.1 Å². The fourth-order valence-electron chi connectivity index (χ4n) is 1.60. The summed E-state index contributed by atoms with van der Waals surface area (Å²) < 4.78 is 0. The summed E-state index contributed by atoms with van der Waals surface area (Å²) in [6, 6.07) is -0.440. The molecule has 0 aromatic carbocycles. The number of hydrogen-bond acceptors (Lipinski definition) is 4. The summed E-state index contributed by atoms with van der Waals surface area (Å²) >= 11 is 0. The molecule has 0 rings (SSSR count). The summed E-state index contributed by atoms with van der Waals surface area (Å²) in [6.07, 6.45) is 0. The minimum atomic E-state index is -0.440. The fourth-order valence-corrected chi connectivity index (χ4v) is 1.60. The van der Waals surface area contributed by atoms with Gasteiger partial charge in [-0.05, 0) is 24.9 Å². The molecule has 0 atom stereocenters. The summed E-state index contributed by atoms with van der Waals surface area (Å²) in [7, 11) is 1.84. The zero-order chi connectivity index (χ0) is 15.1. The van der Waals surface area contributed by atoms with E-state index >= 15 is 0 Å². The van der Waals surface area contributed by atoms with E-state index in [1.54, 1.807) is 0 Å². The lowest BCUT2D eigenvalue weighted by Crippen LogP contribution is -2.46. The van der Waals surface area contributed by atoms with Crippen LogP contribution in [0.5, 0.6) is 0 Å². The second kappa shape index (κ2) is 8.12. The molecule has 0 heterocycles. The molecular formula is C13H28N4O2. The van der Waals surface area contributed by atoms with Gasteiger partial charge in [-0.1, -0.05) is 27.7 Å². The molecule has 0 saturated heterocycles. The van der Waals surface area contributed by atoms with Crippen LogP contribution < -0.4 is 16.4 Å². The van der Waals surface area contributed by atoms with Crippen molar-refractivity contribution in [1.29, 1.82) is 0 Å². The van der Waals surface area contributed by atoms with Gasteiger partial charge in [-0.25, -0.2) is 4.79 Å². The number of carbonyl (C=O) groups is 2. The van der Waals surface area contributed by atoms with E-state index in [-0.39, 0.29) is 17.9 Å². The second-order valence-electron chi connectivity index (χ2n) is 6.19. The van der Waals surface area contributed by atoms with Crippen molar-refractivity contribution in [3.05, 3.63) is 0 Å². The summed E-state index contributed by atoms with van der Waals surface area (Å²) in [4.78, 5) is 24.9. The highest BCUT2D eigenvalue weighted by molar-refractivity contribution is 5.95. The van der Waals surface area contributed by atoms with Crippen LogP contribution in [0.4, 0.5) is 4.79 Å². The first-order chi connectivity index (χ1) is 8.66. The van der Waals surface area contributed by atoms with E-state index in [4.69, 9.17) is 5.73 Å². The maximum atomic E-state index is 11.6. The Kier molecular flexibility index (Phi) is 7.63. The lowest BCUT2D eigenvalue weighted by Gasteiger charge is -2.28. The van der Waals surface area contributed by atoms with Crippen molar-refractivity contribution in [1.82, 2.24) is 15.5 Å². The molecule has 0 unspecified atom stereocenters. The van der Waals surface area contributed by atoms with Gasteiger partial charge in [-0.3, -0.25) is 15.0 Å². The highest BCUT2D eigenvalue weighted by Gasteiger charge is 2.19. The number of likely N-dealkylation sites (N-methyl/N-ethyl adjacent to an activating group) is 1. The maximum absolute atomic E-state index is 11.6. The summed E-state index contributed by atoms with van der Waals surface area (Å²) in [5.74, 6) is 0.0467. The molecule has 0 spiro atoms. The number of urea groups is 1. The molecule has 6 nitrogen and oxygen atoms in total. The lowest BCUT2D eigenvalue weighted by atomic mass is 9.93. The van der Waals surface area contributed by atoms with Crippen molar-refractivity contribution >= 4 is 11.9 Å². The lowest BCUT2D eigenvalue weighted by molar-refractivity contribution is -0.121. The van der Waals surface area contributed by atoms with Gasteiger partial charge in [0.1, 0.15) is 0 Å². The molecule has 0 aliphatic heterocycles. The number of imide groups is 1. The van der Waals surface area contributed by atoms with E-state index < -0.39 is 6.03 Å². The van der Waals surface area contributed by atoms with Gasteiger partial charge in [0, 0.05) is 13.1 Å². The number of nitrogens with zero attached hydrogens (tertiary/aromatic N) is 1. The van der Waals surface area contributed by atoms with Crippen LogP contribution in [0.25, 0.3) is 0 Å². The Morgan fingerprint density at radius 2 is 1.89 bits per heavy atom. The van der Waals surface area contributed by atoms with Crippen molar-refractivity contribution in [2.24, 2.45) is 17.1 Å². The third-order valence-electron chi connectivity index (χ3n) is 2.59. The molecule has 0 aliphatic carbocycles. The molecule has 0 bridgehead atoms. The van der Waals surface area contributed by atoms with Gasteiger partial charge in [0.25, 0.3) is 0 Å². The van der Waals surface area contributed by atoms with Gasteiger partial charge in [-0.15, -0.1) is 0 Å². The van der Waals surface area contributed by atoms with Gasteiger partial charge in [0.15, 0.2) is 0 Å². The average molecular weight is 272 g/mol. The van der Waals surface area contributed by atoms with Gasteiger partial charge in [0.05, 0.1) is 6.54 Å². The van der Waals surface area contributed by atoms with Crippen molar-refractivity contribution in [3.63, 3.8) is 0 Å². The summed E-state index contributed by atoms with van der Waals surface area (Å²) in [5.41, 5.74) is 5.60. The van der Waals surface area contributed by atoms with E-state index in [2.05, 4.69) is 10.6 Å². The van der Waals surface area contributed by atoms with Crippen molar-refractivity contribution in [3.8, 4) is 0 Å². The molecule has 0 aliphatic rings. The largest absolute Gasteiger partial charge is 0.338 e. The van der Waals surface area contributed by atoms with E-state index in [0.29, 0.717) is 25.6 Å². The van der Waals surface area contributed by atoms with Crippen LogP contribution in [0.15, 0.2) is 0 Å². The van der Waals surface area contributed by atoms with Gasteiger partial charge >= 0.3 is 6.03 Å². The Balaban J connectivity index is 4.00. The smallest absolute Gasteiger partial charge is 0.321 e. The summed E-state index contributed by atoms with van der Waals surface area (Å²) in [5, 5.41) is 4.94. The fraction of sp³-hybridized carbons (Fsp3) is 0.846. The van der Waals surface area contributed by atoms with E-state index in [0.717, 1.165) is 0 Å². The molecule has 0 radical (unpaired) electrons. The minimum Gasteiger partial charge on any atom is -0.338 e. The van der Waals surface area contributed by atoms with Crippen LogP contribution in [-0.2, 0) is 4.79 Å². The Labute approximate surface area is 116 Å². The number of nitrogens with two attached hydrogens (primary N) is 1. The molecule has 19 heavy (non-hydrogen) atoms. The molecule has 0 saturated carbocycles. The molecule has 0 aromatic heterocycles. The first-order valence-corrected chi connectivity index (χ1v) is 6.62. The molecule has 4 N–H and O–H groups in total. The van der Waals surface area contributed by atoms with Crippen LogP contribution >= 0.6 is 0 Å². The number of rotatable bonds is 7. The Hall–Kier alpha value is -1.14. The number of carbonyl (C=O) groups excluding carboxylic acids is 2. The summed E-state index contributed by atoms with van der Waals surface area (Å²) in [6.45, 7) is 10.0. The van der Waals surface area contributed by atoms with Crippen molar-refractivity contribution in [2.45, 2.75) is 27.7 Å². The third kappa shape index (κ3) is 9.44. The molecule has 0 fully saturated rings. The van der Waals surface area contributed by atoms with E-state index in [1.165, 1.54) is 0 Å². The molecule has 6 heteroatoms. The normalized spacial score (nSPS) is 11.8. The van der Waals surface area contributed by atoms with E-state index in [1.807, 2.05) is 39.6 Å². The topological polar surface area (TPSA) is 87.5 Å². The molecular weight excluding hydrogens is 244 g/mol. The van der Waals surface area contributed by atoms with Crippen LogP contribution in [-0.4, -0.2) is 50.1 Å². The minimum absolute atomic E-state index is 0.0467. The first-order valence-electron chi connectivity index (χ1n) is 6.62. The maximum Gasteiger partial charge on any atom is 0.321 e. The standard InChI is InChI=1S/C13H28N4O2/c1-10(2)6-15-12(19)16-11(18)7-17(5)9-13(3,4)8-14/h10H,6-9,14H2,1-5H3,(H2,15,16,18,19). The van der Waals surface area contributed by atoms with Crippen LogP contribution in [0, 0.1) is 11.3 Å². The van der Waals surface area contributed by atoms with Gasteiger partial charge in [0.2, 0.25) is 5.91 Å². The monoisotopic (exact) mass is 272 g/mol. The Bertz CT molecular complexity index is 303. The Morgan fingerprint density at radius 1 is 1.32 bits per heavy atom.